The molecule has 3 aromatic rings. The zero-order valence-corrected chi connectivity index (χ0v) is 17.7. The number of aliphatic hydroxyl groups is 4. The average molecular weight is 478 g/mol. The normalized spacial score (nSPS) is 24.8. The second-order valence-electron chi connectivity index (χ2n) is 7.63. The van der Waals surface area contributed by atoms with Gasteiger partial charge in [0.2, 0.25) is 17.5 Å². The van der Waals surface area contributed by atoms with E-state index in [9.17, 15) is 40.5 Å². The maximum Gasteiger partial charge on any atom is 0.239 e. The van der Waals surface area contributed by atoms with Gasteiger partial charge in [-0.3, -0.25) is 4.79 Å². The Bertz CT molecular complexity index is 1270. The lowest BCUT2D eigenvalue weighted by atomic mass is 9.99. The summed E-state index contributed by atoms with van der Waals surface area (Å²) in [7, 11) is 1.30. The van der Waals surface area contributed by atoms with E-state index in [0.717, 1.165) is 12.1 Å². The molecule has 7 N–H and O–H groups in total. The molecule has 0 unspecified atom stereocenters. The van der Waals surface area contributed by atoms with Crippen LogP contribution < -0.4 is 14.9 Å². The predicted molar refractivity (Wildman–Crippen MR) is 114 cm³/mol. The Balaban J connectivity index is 1.92. The Morgan fingerprint density at radius 1 is 0.971 bits per heavy atom. The molecule has 0 aliphatic carbocycles. The Kier molecular flexibility index (Phi) is 6.25. The summed E-state index contributed by atoms with van der Waals surface area (Å²) in [5.41, 5.74) is -0.959. The molecule has 0 spiro atoms. The third kappa shape index (κ3) is 3.97. The minimum absolute atomic E-state index is 0.0257. The van der Waals surface area contributed by atoms with Crippen molar-refractivity contribution < 1.29 is 54.4 Å². The van der Waals surface area contributed by atoms with Gasteiger partial charge in [0.15, 0.2) is 17.3 Å². The fraction of sp³-hybridized carbons (Fsp3) is 0.318. The van der Waals surface area contributed by atoms with Crippen LogP contribution in [0.5, 0.6) is 28.7 Å². The zero-order valence-electron chi connectivity index (χ0n) is 17.7. The van der Waals surface area contributed by atoms with E-state index >= 15 is 0 Å². The van der Waals surface area contributed by atoms with E-state index < -0.39 is 54.2 Å². The second-order valence-corrected chi connectivity index (χ2v) is 7.63. The van der Waals surface area contributed by atoms with Crippen LogP contribution in [0.2, 0.25) is 0 Å². The van der Waals surface area contributed by atoms with Crippen LogP contribution in [-0.2, 0) is 4.74 Å². The predicted octanol–water partition coefficient (Wildman–Crippen LogP) is -0.236. The summed E-state index contributed by atoms with van der Waals surface area (Å²) in [6, 6.07) is 5.96. The van der Waals surface area contributed by atoms with Gasteiger partial charge >= 0.3 is 0 Å². The van der Waals surface area contributed by atoms with Gasteiger partial charge in [0, 0.05) is 17.7 Å². The van der Waals surface area contributed by atoms with E-state index in [4.69, 9.17) is 18.6 Å². The van der Waals surface area contributed by atoms with Crippen LogP contribution in [0.25, 0.3) is 22.3 Å². The molecule has 2 heterocycles. The van der Waals surface area contributed by atoms with Crippen molar-refractivity contribution in [3.05, 3.63) is 40.6 Å². The van der Waals surface area contributed by atoms with Gasteiger partial charge in [0.1, 0.15) is 46.9 Å². The zero-order chi connectivity index (χ0) is 24.7. The first-order chi connectivity index (χ1) is 16.2. The van der Waals surface area contributed by atoms with Crippen LogP contribution in [0, 0.1) is 0 Å². The first-order valence-electron chi connectivity index (χ1n) is 10.0. The maximum absolute atomic E-state index is 13.3. The van der Waals surface area contributed by atoms with E-state index in [2.05, 4.69) is 0 Å². The molecule has 2 aromatic carbocycles. The molecule has 0 radical (unpaired) electrons. The van der Waals surface area contributed by atoms with Crippen LogP contribution in [0.15, 0.2) is 39.5 Å². The number of phenols is 3. The fourth-order valence-corrected chi connectivity index (χ4v) is 3.67. The van der Waals surface area contributed by atoms with Crippen molar-refractivity contribution in [3.63, 3.8) is 0 Å². The molecule has 1 fully saturated rings. The highest BCUT2D eigenvalue weighted by Gasteiger charge is 2.45. The van der Waals surface area contributed by atoms with Gasteiger partial charge in [-0.15, -0.1) is 0 Å². The minimum atomic E-state index is -1.83. The molecule has 12 nitrogen and oxygen atoms in total. The summed E-state index contributed by atoms with van der Waals surface area (Å²) in [6.45, 7) is -0.723. The molecular weight excluding hydrogens is 456 g/mol. The van der Waals surface area contributed by atoms with Crippen molar-refractivity contribution in [2.45, 2.75) is 30.7 Å². The standard InChI is InChI=1S/C22H22O12/c1-31-12-4-8(2-3-10(12)25)20-21(17(28)15-11(26)5-9(24)6-13(15)32-20)34-22-19(30)18(29)16(27)14(7-23)33-22/h2-6,14,16,18-19,22-27,29-30H,7H2,1H3/t14-,16-,18-,19-,22-/m1/s1. The van der Waals surface area contributed by atoms with Crippen molar-refractivity contribution >= 4 is 11.0 Å². The molecule has 0 saturated carbocycles. The van der Waals surface area contributed by atoms with E-state index in [1.54, 1.807) is 0 Å². The fourth-order valence-electron chi connectivity index (χ4n) is 3.67. The maximum atomic E-state index is 13.3. The first-order valence-corrected chi connectivity index (χ1v) is 10.0. The number of ether oxygens (including phenoxy) is 3. The van der Waals surface area contributed by atoms with Gasteiger partial charge in [0.05, 0.1) is 13.7 Å². The van der Waals surface area contributed by atoms with Crippen LogP contribution in [-0.4, -0.2) is 80.2 Å². The van der Waals surface area contributed by atoms with Crippen LogP contribution in [0.3, 0.4) is 0 Å². The molecular formula is C22H22O12. The minimum Gasteiger partial charge on any atom is -0.508 e. The Hall–Kier alpha value is -3.55. The van der Waals surface area contributed by atoms with Gasteiger partial charge in [0.25, 0.3) is 0 Å². The van der Waals surface area contributed by atoms with Crippen molar-refractivity contribution in [1.29, 1.82) is 0 Å². The summed E-state index contributed by atoms with van der Waals surface area (Å²) in [5.74, 6) is -2.00. The number of phenolic OH excluding ortho intramolecular Hbond substituents is 3. The number of benzene rings is 2. The van der Waals surface area contributed by atoms with Crippen molar-refractivity contribution in [1.82, 2.24) is 0 Å². The third-order valence-electron chi connectivity index (χ3n) is 5.44. The highest BCUT2D eigenvalue weighted by molar-refractivity contribution is 5.88. The molecule has 0 bridgehead atoms. The SMILES string of the molecule is COc1cc(-c2oc3cc(O)cc(O)c3c(=O)c2O[C@H]2O[C@H](CO)[C@@H](O)[C@@H](O)[C@H]2O)ccc1O. The number of aliphatic hydroxyl groups excluding tert-OH is 4. The van der Waals surface area contributed by atoms with Gasteiger partial charge in [-0.05, 0) is 18.2 Å². The highest BCUT2D eigenvalue weighted by atomic mass is 16.7. The van der Waals surface area contributed by atoms with E-state index in [-0.39, 0.29) is 39.5 Å². The number of rotatable bonds is 5. The molecule has 1 aliphatic heterocycles. The molecule has 1 aromatic heterocycles. The summed E-state index contributed by atoms with van der Waals surface area (Å²) in [4.78, 5) is 13.3. The van der Waals surface area contributed by atoms with Gasteiger partial charge in [-0.25, -0.2) is 0 Å². The Labute approximate surface area is 191 Å². The number of hydrogen-bond donors (Lipinski definition) is 7. The number of methoxy groups -OCH3 is 1. The molecule has 34 heavy (non-hydrogen) atoms. The lowest BCUT2D eigenvalue weighted by Crippen LogP contribution is -2.60. The quantitative estimate of drug-likeness (QED) is 0.254. The van der Waals surface area contributed by atoms with Crippen LogP contribution >= 0.6 is 0 Å². The number of fused-ring (bicyclic) bond motifs is 1. The molecule has 182 valence electrons. The highest BCUT2D eigenvalue weighted by Crippen LogP contribution is 2.39. The van der Waals surface area contributed by atoms with Crippen LogP contribution in [0.4, 0.5) is 0 Å². The topological polar surface area (TPSA) is 200 Å². The lowest BCUT2D eigenvalue weighted by molar-refractivity contribution is -0.277. The van der Waals surface area contributed by atoms with Gasteiger partial charge in [-0.2, -0.15) is 0 Å². The molecule has 5 atom stereocenters. The smallest absolute Gasteiger partial charge is 0.239 e. The van der Waals surface area contributed by atoms with Crippen molar-refractivity contribution in [2.75, 3.05) is 13.7 Å². The lowest BCUT2D eigenvalue weighted by Gasteiger charge is -2.39. The van der Waals surface area contributed by atoms with Crippen LogP contribution in [0.1, 0.15) is 0 Å². The molecule has 1 saturated heterocycles. The monoisotopic (exact) mass is 478 g/mol. The Morgan fingerprint density at radius 3 is 2.38 bits per heavy atom. The van der Waals surface area contributed by atoms with Crippen molar-refractivity contribution in [3.8, 4) is 40.1 Å². The summed E-state index contributed by atoms with van der Waals surface area (Å²) < 4.78 is 21.8. The van der Waals surface area contributed by atoms with E-state index in [0.29, 0.717) is 0 Å². The van der Waals surface area contributed by atoms with E-state index in [1.807, 2.05) is 0 Å². The molecule has 12 heteroatoms. The average Bonchev–Trinajstić information content (AvgIpc) is 2.80. The molecule has 0 amide bonds. The number of aromatic hydroxyl groups is 3. The van der Waals surface area contributed by atoms with E-state index in [1.165, 1.54) is 25.3 Å². The van der Waals surface area contributed by atoms with Crippen molar-refractivity contribution in [2.24, 2.45) is 0 Å². The first kappa shape index (κ1) is 23.6. The summed E-state index contributed by atoms with van der Waals surface area (Å²) in [6.07, 6.45) is -8.29. The Morgan fingerprint density at radius 2 is 1.71 bits per heavy atom. The largest absolute Gasteiger partial charge is 0.508 e. The van der Waals surface area contributed by atoms with Gasteiger partial charge in [-0.1, -0.05) is 0 Å². The summed E-state index contributed by atoms with van der Waals surface area (Å²) in [5, 5.41) is 69.4. The number of hydrogen-bond acceptors (Lipinski definition) is 12. The third-order valence-corrected chi connectivity index (χ3v) is 5.44. The second kappa shape index (κ2) is 9.00. The summed E-state index contributed by atoms with van der Waals surface area (Å²) >= 11 is 0. The molecule has 1 aliphatic rings. The molecule has 4 rings (SSSR count). The van der Waals surface area contributed by atoms with Gasteiger partial charge < -0.3 is 54.4 Å².